The van der Waals surface area contributed by atoms with Gasteiger partial charge < -0.3 is 9.84 Å². The zero-order valence-corrected chi connectivity index (χ0v) is 21.6. The molecule has 0 fully saturated rings. The number of carboxylic acids is 1. The van der Waals surface area contributed by atoms with Crippen LogP contribution in [0.15, 0.2) is 59.5 Å². The lowest BCUT2D eigenvalue weighted by molar-refractivity contribution is -0.137. The van der Waals surface area contributed by atoms with E-state index in [4.69, 9.17) is 21.4 Å². The third kappa shape index (κ3) is 5.62. The Hall–Kier alpha value is -3.43. The van der Waals surface area contributed by atoms with Crippen LogP contribution in [-0.2, 0) is 14.8 Å². The minimum atomic E-state index is -4.16. The number of benzene rings is 3. The summed E-state index contributed by atoms with van der Waals surface area (Å²) in [6, 6.07) is 13.1. The van der Waals surface area contributed by atoms with Crippen molar-refractivity contribution in [1.82, 2.24) is 0 Å². The molecule has 0 aliphatic carbocycles. The summed E-state index contributed by atoms with van der Waals surface area (Å²) >= 11 is 6.16. The Bertz CT molecular complexity index is 1490. The molecule has 0 saturated carbocycles. The summed E-state index contributed by atoms with van der Waals surface area (Å²) in [5.41, 5.74) is 1.51. The van der Waals surface area contributed by atoms with Crippen molar-refractivity contribution in [3.63, 3.8) is 0 Å². The van der Waals surface area contributed by atoms with Gasteiger partial charge in [-0.3, -0.25) is 9.10 Å². The highest BCUT2D eigenvalue weighted by atomic mass is 35.5. The highest BCUT2D eigenvalue weighted by molar-refractivity contribution is 7.92. The number of allylic oxidation sites excluding steroid dienone is 1. The number of carboxylic acid groups (broad SMARTS) is 1. The molecule has 1 N–H and O–H groups in total. The van der Waals surface area contributed by atoms with E-state index in [0.29, 0.717) is 5.57 Å². The van der Waals surface area contributed by atoms with Gasteiger partial charge in [0.1, 0.15) is 11.9 Å². The molecule has 4 rings (SSSR count). The molecular formula is C27H24ClF2NO5S. The number of carbonyl (C=O) groups is 1. The van der Waals surface area contributed by atoms with E-state index in [9.17, 15) is 17.6 Å². The summed E-state index contributed by atoms with van der Waals surface area (Å²) in [6.07, 6.45) is 0.337. The number of ether oxygens (including phenoxy) is 1. The minimum absolute atomic E-state index is 0.00741. The van der Waals surface area contributed by atoms with Crippen LogP contribution in [0.25, 0.3) is 11.6 Å². The molecule has 1 aliphatic heterocycles. The fraction of sp³-hybridized carbons (Fsp3) is 0.222. The first-order chi connectivity index (χ1) is 17.5. The molecule has 194 valence electrons. The number of aryl methyl sites for hydroxylation is 1. The van der Waals surface area contributed by atoms with E-state index in [-0.39, 0.29) is 51.9 Å². The number of hydrogen-bond donors (Lipinski definition) is 1. The highest BCUT2D eigenvalue weighted by Gasteiger charge is 2.36. The first-order valence-electron chi connectivity index (χ1n) is 11.4. The van der Waals surface area contributed by atoms with Gasteiger partial charge in [-0.2, -0.15) is 0 Å². The molecule has 0 amide bonds. The van der Waals surface area contributed by atoms with E-state index in [1.165, 1.54) is 42.5 Å². The van der Waals surface area contributed by atoms with Crippen molar-refractivity contribution in [3.05, 3.63) is 87.9 Å². The Morgan fingerprint density at radius 3 is 2.57 bits per heavy atom. The van der Waals surface area contributed by atoms with Crippen LogP contribution in [0.5, 0.6) is 5.75 Å². The van der Waals surface area contributed by atoms with Gasteiger partial charge in [0, 0.05) is 12.0 Å². The summed E-state index contributed by atoms with van der Waals surface area (Å²) in [5, 5.41) is 9.26. The van der Waals surface area contributed by atoms with Gasteiger partial charge in [-0.25, -0.2) is 17.2 Å². The van der Waals surface area contributed by atoms with Gasteiger partial charge >= 0.3 is 5.97 Å². The molecule has 0 unspecified atom stereocenters. The molecule has 0 radical (unpaired) electrons. The Morgan fingerprint density at radius 2 is 1.89 bits per heavy atom. The van der Waals surface area contributed by atoms with E-state index in [0.717, 1.165) is 15.9 Å². The van der Waals surface area contributed by atoms with Gasteiger partial charge in [0.2, 0.25) is 0 Å². The van der Waals surface area contributed by atoms with E-state index in [2.05, 4.69) is 0 Å². The minimum Gasteiger partial charge on any atom is -0.483 e. The summed E-state index contributed by atoms with van der Waals surface area (Å²) in [5.74, 6) is -2.75. The average molecular weight is 548 g/mol. The molecule has 1 aliphatic rings. The zero-order valence-electron chi connectivity index (χ0n) is 20.0. The van der Waals surface area contributed by atoms with Crippen LogP contribution in [0.3, 0.4) is 0 Å². The highest BCUT2D eigenvalue weighted by Crippen LogP contribution is 2.41. The van der Waals surface area contributed by atoms with E-state index in [1.54, 1.807) is 26.0 Å². The Labute approximate surface area is 218 Å². The van der Waals surface area contributed by atoms with Crippen LogP contribution in [0, 0.1) is 18.6 Å². The van der Waals surface area contributed by atoms with Crippen molar-refractivity contribution in [2.45, 2.75) is 37.7 Å². The standard InChI is InChI=1S/C27H24ClF2NO5S/c1-16-5-3-6-20(11-16)37(34,35)31-15-19(9-10-25(32)33)36-27-23(30)13-18(14-24(27)31)12-17(2)26-21(28)7-4-8-22(26)29/h3-8,11-14,19H,9-10,15H2,1-2H3,(H,32,33)/b17-12+/t19-/m0/s1. The van der Waals surface area contributed by atoms with Crippen LogP contribution in [0.2, 0.25) is 5.02 Å². The van der Waals surface area contributed by atoms with Gasteiger partial charge in [0.15, 0.2) is 11.6 Å². The maximum absolute atomic E-state index is 15.4. The molecule has 37 heavy (non-hydrogen) atoms. The molecule has 0 aromatic heterocycles. The molecule has 3 aromatic carbocycles. The van der Waals surface area contributed by atoms with Crippen molar-refractivity contribution < 1.29 is 31.8 Å². The average Bonchev–Trinajstić information content (AvgIpc) is 2.82. The summed E-state index contributed by atoms with van der Waals surface area (Å²) in [4.78, 5) is 11.1. The monoisotopic (exact) mass is 547 g/mol. The van der Waals surface area contributed by atoms with E-state index >= 15 is 4.39 Å². The second-order valence-electron chi connectivity index (χ2n) is 8.80. The summed E-state index contributed by atoms with van der Waals surface area (Å²) in [6.45, 7) is 3.16. The fourth-order valence-electron chi connectivity index (χ4n) is 4.23. The summed E-state index contributed by atoms with van der Waals surface area (Å²) < 4.78 is 63.9. The quantitative estimate of drug-likeness (QED) is 0.350. The largest absolute Gasteiger partial charge is 0.483 e. The van der Waals surface area contributed by atoms with Crippen molar-refractivity contribution in [2.75, 3.05) is 10.8 Å². The number of aliphatic carboxylic acids is 1. The smallest absolute Gasteiger partial charge is 0.303 e. The fourth-order valence-corrected chi connectivity index (χ4v) is 6.14. The van der Waals surface area contributed by atoms with Crippen molar-refractivity contribution >= 4 is 44.9 Å². The van der Waals surface area contributed by atoms with Gasteiger partial charge in [-0.05, 0) is 73.4 Å². The number of hydrogen-bond acceptors (Lipinski definition) is 4. The number of nitrogens with zero attached hydrogens (tertiary/aromatic N) is 1. The Balaban J connectivity index is 1.83. The van der Waals surface area contributed by atoms with Crippen LogP contribution in [0.1, 0.15) is 36.5 Å². The predicted octanol–water partition coefficient (Wildman–Crippen LogP) is 6.31. The Morgan fingerprint density at radius 1 is 1.16 bits per heavy atom. The van der Waals surface area contributed by atoms with E-state index in [1.807, 2.05) is 0 Å². The topological polar surface area (TPSA) is 83.9 Å². The molecule has 1 atom stereocenters. The number of halogens is 3. The van der Waals surface area contributed by atoms with E-state index < -0.39 is 33.7 Å². The van der Waals surface area contributed by atoms with Gasteiger partial charge in [0.05, 0.1) is 22.2 Å². The second-order valence-corrected chi connectivity index (χ2v) is 11.1. The van der Waals surface area contributed by atoms with Crippen LogP contribution in [-0.4, -0.2) is 32.1 Å². The van der Waals surface area contributed by atoms with Gasteiger partial charge in [0.25, 0.3) is 10.0 Å². The van der Waals surface area contributed by atoms with Crippen molar-refractivity contribution in [3.8, 4) is 5.75 Å². The molecule has 0 spiro atoms. The number of fused-ring (bicyclic) bond motifs is 1. The molecule has 0 bridgehead atoms. The van der Waals surface area contributed by atoms with Crippen LogP contribution >= 0.6 is 11.6 Å². The first kappa shape index (κ1) is 26.6. The van der Waals surface area contributed by atoms with Gasteiger partial charge in [-0.1, -0.05) is 35.9 Å². The van der Waals surface area contributed by atoms with Crippen LogP contribution < -0.4 is 9.04 Å². The van der Waals surface area contributed by atoms with Crippen molar-refractivity contribution in [1.29, 1.82) is 0 Å². The molecule has 3 aromatic rings. The molecular weight excluding hydrogens is 524 g/mol. The summed E-state index contributed by atoms with van der Waals surface area (Å²) in [7, 11) is -4.16. The Kier molecular flexibility index (Phi) is 7.57. The maximum Gasteiger partial charge on any atom is 0.303 e. The molecule has 6 nitrogen and oxygen atoms in total. The lowest BCUT2D eigenvalue weighted by Crippen LogP contribution is -2.44. The zero-order chi connectivity index (χ0) is 26.9. The lowest BCUT2D eigenvalue weighted by atomic mass is 10.0. The number of rotatable bonds is 7. The third-order valence-corrected chi connectivity index (χ3v) is 8.06. The predicted molar refractivity (Wildman–Crippen MR) is 138 cm³/mol. The number of anilines is 1. The number of sulfonamides is 1. The molecule has 10 heteroatoms. The third-order valence-electron chi connectivity index (χ3n) is 5.97. The van der Waals surface area contributed by atoms with Gasteiger partial charge in [-0.15, -0.1) is 0 Å². The molecule has 1 heterocycles. The first-order valence-corrected chi connectivity index (χ1v) is 13.2. The SMILES string of the molecule is C/C(=C\c1cc(F)c2c(c1)N(S(=O)(=O)c1cccc(C)c1)C[C@H](CCC(=O)O)O2)c1c(F)cccc1Cl. The normalized spacial score (nSPS) is 15.8. The lowest BCUT2D eigenvalue weighted by Gasteiger charge is -2.36. The second kappa shape index (κ2) is 10.5. The maximum atomic E-state index is 15.4. The molecule has 0 saturated heterocycles. The van der Waals surface area contributed by atoms with Crippen molar-refractivity contribution in [2.24, 2.45) is 0 Å². The van der Waals surface area contributed by atoms with Crippen LogP contribution in [0.4, 0.5) is 14.5 Å².